The largest absolute Gasteiger partial charge is 0.497 e. The summed E-state index contributed by atoms with van der Waals surface area (Å²) in [5, 5.41) is 19.2. The Bertz CT molecular complexity index is 544. The van der Waals surface area contributed by atoms with Gasteiger partial charge in [0.05, 0.1) is 20.3 Å². The molecule has 0 spiro atoms. The van der Waals surface area contributed by atoms with Crippen molar-refractivity contribution in [3.05, 3.63) is 29.8 Å². The lowest BCUT2D eigenvalue weighted by Crippen LogP contribution is -2.40. The third kappa shape index (κ3) is 3.56. The molecule has 24 heavy (non-hydrogen) atoms. The van der Waals surface area contributed by atoms with Gasteiger partial charge < -0.3 is 33.9 Å². The molecule has 0 bridgehead atoms. The van der Waals surface area contributed by atoms with Crippen molar-refractivity contribution in [2.24, 2.45) is 0 Å². The highest BCUT2D eigenvalue weighted by molar-refractivity contribution is 5.26. The molecule has 0 amide bonds. The Balaban J connectivity index is 1.66. The van der Waals surface area contributed by atoms with E-state index in [2.05, 4.69) is 0 Å². The Morgan fingerprint density at radius 1 is 1.17 bits per heavy atom. The van der Waals surface area contributed by atoms with Crippen LogP contribution >= 0.6 is 0 Å². The van der Waals surface area contributed by atoms with Gasteiger partial charge >= 0.3 is 0 Å². The quantitative estimate of drug-likeness (QED) is 0.792. The first-order chi connectivity index (χ1) is 11.4. The van der Waals surface area contributed by atoms with Gasteiger partial charge in [0.1, 0.15) is 30.2 Å². The molecule has 2 saturated heterocycles. The smallest absolute Gasteiger partial charge is 0.187 e. The summed E-state index contributed by atoms with van der Waals surface area (Å²) in [5.74, 6) is -0.00908. The molecule has 0 aliphatic carbocycles. The molecule has 0 aromatic heterocycles. The highest BCUT2D eigenvalue weighted by Gasteiger charge is 2.57. The molecule has 3 rings (SSSR count). The van der Waals surface area contributed by atoms with Gasteiger partial charge in [-0.1, -0.05) is 12.1 Å². The average molecular weight is 340 g/mol. The zero-order chi connectivity index (χ0) is 17.3. The van der Waals surface area contributed by atoms with Crippen LogP contribution in [-0.4, -0.2) is 60.4 Å². The van der Waals surface area contributed by atoms with E-state index < -0.39 is 43.1 Å². The van der Waals surface area contributed by atoms with Crippen LogP contribution in [0.15, 0.2) is 24.3 Å². The fourth-order valence-corrected chi connectivity index (χ4v) is 3.04. The number of aliphatic hydroxyl groups is 2. The van der Waals surface area contributed by atoms with E-state index in [0.29, 0.717) is 6.61 Å². The summed E-state index contributed by atoms with van der Waals surface area (Å²) in [6.45, 7) is 3.51. The maximum atomic E-state index is 9.96. The van der Waals surface area contributed by atoms with Gasteiger partial charge in [-0.2, -0.15) is 0 Å². The lowest BCUT2D eigenvalue weighted by atomic mass is 10.1. The summed E-state index contributed by atoms with van der Waals surface area (Å²) in [6, 6.07) is 7.52. The predicted octanol–water partition coefficient (Wildman–Crippen LogP) is 0.810. The second kappa shape index (κ2) is 6.95. The van der Waals surface area contributed by atoms with Crippen molar-refractivity contribution in [1.29, 1.82) is 0 Å². The molecule has 0 unspecified atom stereocenters. The molecule has 1 aromatic carbocycles. The Hall–Kier alpha value is -1.22. The van der Waals surface area contributed by atoms with E-state index in [1.807, 2.05) is 24.3 Å². The SMILES string of the molecule is COc1ccc(CO[C@H]2O[C@H]([C@@H](O)CO)[C@@H]3OC(C)(C)O[C@H]23)cc1. The van der Waals surface area contributed by atoms with Crippen molar-refractivity contribution in [3.8, 4) is 5.75 Å². The number of hydrogen-bond donors (Lipinski definition) is 2. The van der Waals surface area contributed by atoms with E-state index in [0.717, 1.165) is 11.3 Å². The van der Waals surface area contributed by atoms with Crippen LogP contribution < -0.4 is 4.74 Å². The van der Waals surface area contributed by atoms with Gasteiger partial charge in [-0.3, -0.25) is 0 Å². The van der Waals surface area contributed by atoms with Crippen molar-refractivity contribution in [1.82, 2.24) is 0 Å². The second-order valence-electron chi connectivity index (χ2n) is 6.44. The van der Waals surface area contributed by atoms with Crippen LogP contribution in [0.1, 0.15) is 19.4 Å². The molecule has 5 atom stereocenters. The van der Waals surface area contributed by atoms with Gasteiger partial charge in [0.15, 0.2) is 12.1 Å². The van der Waals surface area contributed by atoms with Gasteiger partial charge in [-0.05, 0) is 31.5 Å². The number of rotatable bonds is 6. The van der Waals surface area contributed by atoms with E-state index in [9.17, 15) is 10.2 Å². The monoisotopic (exact) mass is 340 g/mol. The van der Waals surface area contributed by atoms with E-state index in [1.54, 1.807) is 21.0 Å². The van der Waals surface area contributed by atoms with E-state index in [4.69, 9.17) is 23.7 Å². The Morgan fingerprint density at radius 2 is 1.83 bits per heavy atom. The molecule has 2 fully saturated rings. The van der Waals surface area contributed by atoms with Gasteiger partial charge in [0.25, 0.3) is 0 Å². The highest BCUT2D eigenvalue weighted by atomic mass is 16.8. The van der Waals surface area contributed by atoms with Gasteiger partial charge in [0, 0.05) is 0 Å². The summed E-state index contributed by atoms with van der Waals surface area (Å²) in [6.07, 6.45) is -3.36. The standard InChI is InChI=1S/C17H24O7/c1-17(2)23-14-13(12(19)8-18)22-16(15(14)24-17)21-9-10-4-6-11(20-3)7-5-10/h4-7,12-16,18-19H,8-9H2,1-3H3/t12-,13+,14-,15-,16-/m0/s1. The molecule has 1 aromatic rings. The minimum Gasteiger partial charge on any atom is -0.497 e. The molecule has 0 radical (unpaired) electrons. The number of methoxy groups -OCH3 is 1. The van der Waals surface area contributed by atoms with Crippen LogP contribution in [0.3, 0.4) is 0 Å². The third-order valence-electron chi connectivity index (χ3n) is 4.19. The molecule has 2 N–H and O–H groups in total. The topological polar surface area (TPSA) is 86.6 Å². The Morgan fingerprint density at radius 3 is 2.46 bits per heavy atom. The maximum absolute atomic E-state index is 9.96. The van der Waals surface area contributed by atoms with E-state index in [-0.39, 0.29) is 0 Å². The lowest BCUT2D eigenvalue weighted by molar-refractivity contribution is -0.247. The lowest BCUT2D eigenvalue weighted by Gasteiger charge is -2.25. The van der Waals surface area contributed by atoms with Crippen molar-refractivity contribution >= 4 is 0 Å². The molecular formula is C17H24O7. The third-order valence-corrected chi connectivity index (χ3v) is 4.19. The second-order valence-corrected chi connectivity index (χ2v) is 6.44. The summed E-state index contributed by atoms with van der Waals surface area (Å²) in [4.78, 5) is 0. The number of benzene rings is 1. The number of aliphatic hydroxyl groups excluding tert-OH is 2. The summed E-state index contributed by atoms with van der Waals surface area (Å²) in [7, 11) is 1.61. The first-order valence-corrected chi connectivity index (χ1v) is 7.98. The summed E-state index contributed by atoms with van der Waals surface area (Å²) >= 11 is 0. The summed E-state index contributed by atoms with van der Waals surface area (Å²) < 4.78 is 28.4. The average Bonchev–Trinajstić information content (AvgIpc) is 3.06. The van der Waals surface area contributed by atoms with Crippen LogP contribution in [-0.2, 0) is 25.6 Å². The fraction of sp³-hybridized carbons (Fsp3) is 0.647. The zero-order valence-electron chi connectivity index (χ0n) is 14.0. The number of fused-ring (bicyclic) bond motifs is 1. The van der Waals surface area contributed by atoms with Crippen LogP contribution in [0, 0.1) is 0 Å². The first-order valence-electron chi connectivity index (χ1n) is 7.98. The number of hydrogen-bond acceptors (Lipinski definition) is 7. The Kier molecular flexibility index (Phi) is 5.10. The van der Waals surface area contributed by atoms with Crippen molar-refractivity contribution in [2.45, 2.75) is 56.9 Å². The van der Waals surface area contributed by atoms with E-state index >= 15 is 0 Å². The molecule has 7 nitrogen and oxygen atoms in total. The molecule has 2 heterocycles. The molecule has 134 valence electrons. The minimum atomic E-state index is -1.05. The molecule has 7 heteroatoms. The van der Waals surface area contributed by atoms with Crippen molar-refractivity contribution in [2.75, 3.05) is 13.7 Å². The Labute approximate surface area is 141 Å². The van der Waals surface area contributed by atoms with Gasteiger partial charge in [-0.15, -0.1) is 0 Å². The van der Waals surface area contributed by atoms with Crippen LogP contribution in [0.25, 0.3) is 0 Å². The molecule has 0 saturated carbocycles. The van der Waals surface area contributed by atoms with Crippen molar-refractivity contribution in [3.63, 3.8) is 0 Å². The molecule has 2 aliphatic heterocycles. The fourth-order valence-electron chi connectivity index (χ4n) is 3.04. The first kappa shape index (κ1) is 17.6. The van der Waals surface area contributed by atoms with Gasteiger partial charge in [-0.25, -0.2) is 0 Å². The zero-order valence-corrected chi connectivity index (χ0v) is 14.0. The predicted molar refractivity (Wildman–Crippen MR) is 83.4 cm³/mol. The van der Waals surface area contributed by atoms with Crippen LogP contribution in [0.2, 0.25) is 0 Å². The molecular weight excluding hydrogens is 316 g/mol. The maximum Gasteiger partial charge on any atom is 0.187 e. The van der Waals surface area contributed by atoms with Crippen LogP contribution in [0.5, 0.6) is 5.75 Å². The van der Waals surface area contributed by atoms with E-state index in [1.165, 1.54) is 0 Å². The van der Waals surface area contributed by atoms with Crippen LogP contribution in [0.4, 0.5) is 0 Å². The normalized spacial score (nSPS) is 32.5. The minimum absolute atomic E-state index is 0.323. The highest BCUT2D eigenvalue weighted by Crippen LogP contribution is 2.40. The number of ether oxygens (including phenoxy) is 5. The van der Waals surface area contributed by atoms with Gasteiger partial charge in [0.2, 0.25) is 0 Å². The molecule has 2 aliphatic rings. The van der Waals surface area contributed by atoms with Crippen molar-refractivity contribution < 1.29 is 33.9 Å². The summed E-state index contributed by atoms with van der Waals surface area (Å²) in [5.41, 5.74) is 0.959.